The number of benzene rings is 2. The zero-order valence-electron chi connectivity index (χ0n) is 12.6. The summed E-state index contributed by atoms with van der Waals surface area (Å²) in [6.07, 6.45) is 2.90. The van der Waals surface area contributed by atoms with Gasteiger partial charge in [0.2, 0.25) is 5.96 Å². The number of nitrogens with zero attached hydrogens (tertiary/aromatic N) is 5. The highest BCUT2D eigenvalue weighted by atomic mass is 15.4. The molecule has 0 radical (unpaired) electrons. The van der Waals surface area contributed by atoms with Gasteiger partial charge in [-0.25, -0.2) is 5.43 Å². The minimum Gasteiger partial charge on any atom is -0.367 e. The summed E-state index contributed by atoms with van der Waals surface area (Å²) in [6.45, 7) is 0. The molecule has 0 unspecified atom stereocenters. The number of hydrogen-bond donors (Lipinski definition) is 2. The lowest BCUT2D eigenvalue weighted by atomic mass is 10.1. The third-order valence-electron chi connectivity index (χ3n) is 2.91. The fraction of sp³-hybridized carbons (Fsp3) is 0. The number of guanidine groups is 1. The van der Waals surface area contributed by atoms with Crippen molar-refractivity contribution in [1.29, 1.82) is 10.5 Å². The van der Waals surface area contributed by atoms with Gasteiger partial charge in [0, 0.05) is 11.1 Å². The Labute approximate surface area is 139 Å². The Hall–Kier alpha value is -3.97. The summed E-state index contributed by atoms with van der Waals surface area (Å²) in [7, 11) is 0. The lowest BCUT2D eigenvalue weighted by molar-refractivity contribution is 0.994. The van der Waals surface area contributed by atoms with Crippen LogP contribution in [-0.2, 0) is 0 Å². The van der Waals surface area contributed by atoms with Crippen LogP contribution in [0, 0.1) is 22.7 Å². The maximum atomic E-state index is 8.97. The minimum atomic E-state index is -0.0219. The van der Waals surface area contributed by atoms with Crippen LogP contribution in [-0.4, -0.2) is 18.4 Å². The second-order valence-corrected chi connectivity index (χ2v) is 4.50. The average Bonchev–Trinajstić information content (AvgIpc) is 2.62. The van der Waals surface area contributed by atoms with E-state index in [4.69, 9.17) is 16.3 Å². The molecule has 0 atom stereocenters. The summed E-state index contributed by atoms with van der Waals surface area (Å²) in [5, 5.41) is 29.4. The zero-order valence-corrected chi connectivity index (χ0v) is 12.6. The van der Waals surface area contributed by atoms with Crippen molar-refractivity contribution in [2.45, 2.75) is 0 Å². The molecule has 0 fully saturated rings. The highest BCUT2D eigenvalue weighted by Crippen LogP contribution is 2.04. The first kappa shape index (κ1) is 16.4. The van der Waals surface area contributed by atoms with E-state index in [9.17, 15) is 0 Å². The van der Waals surface area contributed by atoms with Crippen molar-refractivity contribution < 1.29 is 0 Å². The Morgan fingerprint density at radius 2 is 1.46 bits per heavy atom. The topological polar surface area (TPSA) is 123 Å². The van der Waals surface area contributed by atoms with E-state index in [0.29, 0.717) is 22.3 Å². The van der Waals surface area contributed by atoms with Crippen molar-refractivity contribution in [2.24, 2.45) is 21.0 Å². The third-order valence-corrected chi connectivity index (χ3v) is 2.91. The van der Waals surface area contributed by atoms with Gasteiger partial charge < -0.3 is 5.73 Å². The number of nitriles is 2. The molecule has 0 bridgehead atoms. The summed E-state index contributed by atoms with van der Waals surface area (Å²) in [5.41, 5.74) is 10.4. The molecular formula is C17H13N7. The van der Waals surface area contributed by atoms with E-state index >= 15 is 0 Å². The van der Waals surface area contributed by atoms with Gasteiger partial charge in [0.05, 0.1) is 35.7 Å². The molecule has 0 heterocycles. The lowest BCUT2D eigenvalue weighted by Gasteiger charge is -1.98. The minimum absolute atomic E-state index is 0.0219. The highest BCUT2D eigenvalue weighted by molar-refractivity contribution is 5.86. The van der Waals surface area contributed by atoms with E-state index < -0.39 is 0 Å². The van der Waals surface area contributed by atoms with Gasteiger partial charge in [0.25, 0.3) is 0 Å². The van der Waals surface area contributed by atoms with Gasteiger partial charge in [-0.05, 0) is 12.1 Å². The molecule has 0 aliphatic carbocycles. The predicted molar refractivity (Wildman–Crippen MR) is 92.3 cm³/mol. The van der Waals surface area contributed by atoms with Crippen molar-refractivity contribution in [3.63, 3.8) is 0 Å². The Bertz CT molecular complexity index is 882. The number of nitrogens with one attached hydrogen (secondary N) is 1. The van der Waals surface area contributed by atoms with Crippen LogP contribution in [0.2, 0.25) is 0 Å². The van der Waals surface area contributed by atoms with Crippen LogP contribution in [0.5, 0.6) is 0 Å². The second-order valence-electron chi connectivity index (χ2n) is 4.50. The van der Waals surface area contributed by atoms with E-state index in [0.717, 1.165) is 0 Å². The molecule has 7 heteroatoms. The molecule has 2 aromatic carbocycles. The fourth-order valence-electron chi connectivity index (χ4n) is 1.77. The summed E-state index contributed by atoms with van der Waals surface area (Å²) in [5.74, 6) is -0.0219. The van der Waals surface area contributed by atoms with Crippen LogP contribution < -0.4 is 11.2 Å². The molecule has 0 spiro atoms. The van der Waals surface area contributed by atoms with Crippen LogP contribution in [0.1, 0.15) is 22.3 Å². The van der Waals surface area contributed by atoms with Crippen LogP contribution in [0.15, 0.2) is 63.8 Å². The monoisotopic (exact) mass is 315 g/mol. The number of nitrogens with two attached hydrogens (primary N) is 1. The molecule has 0 aromatic heterocycles. The Morgan fingerprint density at radius 1 is 0.917 bits per heavy atom. The Balaban J connectivity index is 2.00. The largest absolute Gasteiger partial charge is 0.367 e. The van der Waals surface area contributed by atoms with E-state index in [-0.39, 0.29) is 5.96 Å². The fourth-order valence-corrected chi connectivity index (χ4v) is 1.77. The van der Waals surface area contributed by atoms with E-state index in [1.165, 1.54) is 12.4 Å². The lowest BCUT2D eigenvalue weighted by Crippen LogP contribution is -2.26. The van der Waals surface area contributed by atoms with Gasteiger partial charge in [-0.3, -0.25) is 0 Å². The molecule has 0 aliphatic rings. The molecular weight excluding hydrogens is 302 g/mol. The summed E-state index contributed by atoms with van der Waals surface area (Å²) >= 11 is 0. The predicted octanol–water partition coefficient (Wildman–Crippen LogP) is 1.70. The smallest absolute Gasteiger partial charge is 0.234 e. The SMILES string of the molecule is N#Cc1ccccc1/C=N/N=C(\N)N/N=C/c1ccccc1C#N. The van der Waals surface area contributed by atoms with E-state index in [1.54, 1.807) is 48.5 Å². The zero-order chi connectivity index (χ0) is 17.2. The summed E-state index contributed by atoms with van der Waals surface area (Å²) in [6, 6.07) is 18.1. The third kappa shape index (κ3) is 4.52. The van der Waals surface area contributed by atoms with Crippen molar-refractivity contribution in [1.82, 2.24) is 5.43 Å². The molecule has 7 nitrogen and oxygen atoms in total. The van der Waals surface area contributed by atoms with Gasteiger partial charge in [0.1, 0.15) is 0 Å². The van der Waals surface area contributed by atoms with Gasteiger partial charge in [-0.1, -0.05) is 36.4 Å². The molecule has 0 saturated carbocycles. The maximum Gasteiger partial charge on any atom is 0.234 e. The van der Waals surface area contributed by atoms with E-state index in [1.807, 2.05) is 0 Å². The first-order chi connectivity index (χ1) is 11.7. The molecule has 2 rings (SSSR count). The van der Waals surface area contributed by atoms with Crippen molar-refractivity contribution in [3.8, 4) is 12.1 Å². The van der Waals surface area contributed by atoms with Gasteiger partial charge in [0.15, 0.2) is 0 Å². The van der Waals surface area contributed by atoms with Crippen molar-refractivity contribution in [3.05, 3.63) is 70.8 Å². The highest BCUT2D eigenvalue weighted by Gasteiger charge is 1.97. The molecule has 0 saturated heterocycles. The Morgan fingerprint density at radius 3 is 2.04 bits per heavy atom. The van der Waals surface area contributed by atoms with Gasteiger partial charge in [-0.2, -0.15) is 20.7 Å². The standard InChI is InChI=1S/C17H13N7/c18-9-13-5-1-3-7-15(13)11-21-23-17(20)24-22-12-16-8-4-2-6-14(16)10-19/h1-8,11-12H,(H3,20,23,24)/b21-11+,22-12+. The van der Waals surface area contributed by atoms with Crippen LogP contribution in [0.4, 0.5) is 0 Å². The average molecular weight is 315 g/mol. The first-order valence-electron chi connectivity index (χ1n) is 6.88. The molecule has 2 aromatic rings. The first-order valence-corrected chi connectivity index (χ1v) is 6.88. The number of hydrogen-bond acceptors (Lipinski definition) is 5. The molecule has 24 heavy (non-hydrogen) atoms. The second kappa shape index (κ2) is 8.47. The molecule has 0 amide bonds. The molecule has 116 valence electrons. The van der Waals surface area contributed by atoms with Gasteiger partial charge in [-0.15, -0.1) is 5.10 Å². The Kier molecular flexibility index (Phi) is 5.79. The van der Waals surface area contributed by atoms with E-state index in [2.05, 4.69) is 32.9 Å². The normalized spacial score (nSPS) is 11.3. The quantitative estimate of drug-likeness (QED) is 0.506. The van der Waals surface area contributed by atoms with Crippen LogP contribution in [0.3, 0.4) is 0 Å². The van der Waals surface area contributed by atoms with Crippen LogP contribution >= 0.6 is 0 Å². The summed E-state index contributed by atoms with van der Waals surface area (Å²) < 4.78 is 0. The molecule has 0 aliphatic heterocycles. The van der Waals surface area contributed by atoms with Crippen LogP contribution in [0.25, 0.3) is 0 Å². The molecule has 3 N–H and O–H groups in total. The van der Waals surface area contributed by atoms with Crippen molar-refractivity contribution in [2.75, 3.05) is 0 Å². The van der Waals surface area contributed by atoms with Gasteiger partial charge >= 0.3 is 0 Å². The summed E-state index contributed by atoms with van der Waals surface area (Å²) in [4.78, 5) is 0. The maximum absolute atomic E-state index is 8.97. The number of rotatable bonds is 4. The number of hydrazone groups is 1. The van der Waals surface area contributed by atoms with Crippen molar-refractivity contribution >= 4 is 18.4 Å².